The molecule has 0 bridgehead atoms. The lowest BCUT2D eigenvalue weighted by atomic mass is 10.2. The average Bonchev–Trinajstić information content (AvgIpc) is 2.05. The lowest BCUT2D eigenvalue weighted by Gasteiger charge is -2.09. The Bertz CT molecular complexity index is 621. The molecule has 0 aromatic heterocycles. The minimum absolute atomic E-state index is 0.00192. The topological polar surface area (TPSA) is 127 Å². The van der Waals surface area contributed by atoms with Crippen molar-refractivity contribution in [1.82, 2.24) is 0 Å². The Morgan fingerprint density at radius 3 is 2.35 bits per heavy atom. The molecule has 1 aromatic carbocycles. The second-order valence-electron chi connectivity index (χ2n) is 3.53. The number of nitrogen functional groups attached to an aromatic ring is 1. The highest BCUT2D eigenvalue weighted by Gasteiger charge is 2.19. The molecule has 0 heterocycles. The van der Waals surface area contributed by atoms with E-state index in [2.05, 4.69) is 0 Å². The predicted octanol–water partition coefficient (Wildman–Crippen LogP) is -0.282. The van der Waals surface area contributed by atoms with Crippen molar-refractivity contribution in [3.63, 3.8) is 0 Å². The van der Waals surface area contributed by atoms with Crippen LogP contribution in [-0.2, 0) is 19.9 Å². The number of sulfonamides is 1. The highest BCUT2D eigenvalue weighted by Crippen LogP contribution is 2.24. The number of benzene rings is 1. The van der Waals surface area contributed by atoms with Gasteiger partial charge in [-0.1, -0.05) is 0 Å². The first-order valence-electron chi connectivity index (χ1n) is 4.36. The molecule has 0 fully saturated rings. The van der Waals surface area contributed by atoms with E-state index < -0.39 is 24.9 Å². The Morgan fingerprint density at radius 2 is 1.88 bits per heavy atom. The molecule has 0 unspecified atom stereocenters. The number of anilines is 2. The molecule has 17 heavy (non-hydrogen) atoms. The second-order valence-corrected chi connectivity index (χ2v) is 7.76. The number of phenols is 1. The van der Waals surface area contributed by atoms with Crippen molar-refractivity contribution in [3.05, 3.63) is 18.2 Å². The molecule has 0 aliphatic heterocycles. The quantitative estimate of drug-likeness (QED) is 0.514. The van der Waals surface area contributed by atoms with Gasteiger partial charge in [-0.25, -0.2) is 16.8 Å². The van der Waals surface area contributed by atoms with Gasteiger partial charge in [-0.05, 0) is 12.1 Å². The fourth-order valence-corrected chi connectivity index (χ4v) is 4.13. The number of aromatic hydroxyl groups is 1. The minimum atomic E-state index is -4.03. The van der Waals surface area contributed by atoms with Crippen LogP contribution in [0, 0.1) is 0 Å². The minimum Gasteiger partial charge on any atom is -0.508 e. The van der Waals surface area contributed by atoms with Crippen LogP contribution in [0.4, 0.5) is 11.4 Å². The third-order valence-corrected chi connectivity index (χ3v) is 5.15. The molecular weight excluding hydrogens is 268 g/mol. The first-order chi connectivity index (χ1) is 7.59. The van der Waals surface area contributed by atoms with Crippen molar-refractivity contribution >= 4 is 31.2 Å². The zero-order valence-electron chi connectivity index (χ0n) is 8.91. The van der Waals surface area contributed by atoms with E-state index in [1.807, 2.05) is 4.72 Å². The summed E-state index contributed by atoms with van der Waals surface area (Å²) in [6.45, 7) is 0. The van der Waals surface area contributed by atoms with Crippen molar-refractivity contribution in [2.45, 2.75) is 0 Å². The van der Waals surface area contributed by atoms with Gasteiger partial charge in [-0.2, -0.15) is 0 Å². The van der Waals surface area contributed by atoms with Crippen LogP contribution in [0.1, 0.15) is 0 Å². The molecule has 4 N–H and O–H groups in total. The smallest absolute Gasteiger partial charge is 0.247 e. The molecule has 1 aromatic rings. The van der Waals surface area contributed by atoms with Gasteiger partial charge in [0.2, 0.25) is 10.0 Å². The van der Waals surface area contributed by atoms with Gasteiger partial charge in [0.25, 0.3) is 0 Å². The monoisotopic (exact) mass is 280 g/mol. The summed E-state index contributed by atoms with van der Waals surface area (Å²) in [4.78, 5) is 0. The molecule has 9 heteroatoms. The molecule has 0 amide bonds. The molecule has 0 aliphatic rings. The summed E-state index contributed by atoms with van der Waals surface area (Å²) in [5.74, 6) is -0.117. The number of phenolic OH excluding ortho intramolecular Hbond substituents is 1. The van der Waals surface area contributed by atoms with Gasteiger partial charge in [-0.3, -0.25) is 4.72 Å². The highest BCUT2D eigenvalue weighted by atomic mass is 32.3. The molecule has 7 nitrogen and oxygen atoms in total. The van der Waals surface area contributed by atoms with E-state index in [-0.39, 0.29) is 17.1 Å². The summed E-state index contributed by atoms with van der Waals surface area (Å²) in [5, 5.41) is 8.04. The first kappa shape index (κ1) is 13.6. The summed E-state index contributed by atoms with van der Waals surface area (Å²) in [6.07, 6.45) is 0.812. The van der Waals surface area contributed by atoms with Gasteiger partial charge in [-0.15, -0.1) is 0 Å². The zero-order valence-corrected chi connectivity index (χ0v) is 10.5. The molecule has 0 saturated heterocycles. The van der Waals surface area contributed by atoms with Crippen LogP contribution in [0.25, 0.3) is 0 Å². The Kier molecular flexibility index (Phi) is 3.53. The molecule has 0 saturated carbocycles. The maximum Gasteiger partial charge on any atom is 0.247 e. The largest absolute Gasteiger partial charge is 0.508 e. The van der Waals surface area contributed by atoms with Crippen molar-refractivity contribution in [2.75, 3.05) is 21.8 Å². The maximum absolute atomic E-state index is 11.4. The number of hydrogen-bond donors (Lipinski definition) is 3. The zero-order chi connectivity index (χ0) is 13.3. The SMILES string of the molecule is CS(=O)(=O)CS(=O)(=O)Nc1ccc(O)cc1N. The fraction of sp³-hybridized carbons (Fsp3) is 0.250. The number of rotatable bonds is 4. The van der Waals surface area contributed by atoms with Crippen LogP contribution in [0.2, 0.25) is 0 Å². The second kappa shape index (κ2) is 4.41. The van der Waals surface area contributed by atoms with Crippen LogP contribution < -0.4 is 10.5 Å². The van der Waals surface area contributed by atoms with Crippen LogP contribution in [0.3, 0.4) is 0 Å². The van der Waals surface area contributed by atoms with E-state index in [1.54, 1.807) is 0 Å². The van der Waals surface area contributed by atoms with Crippen molar-refractivity contribution < 1.29 is 21.9 Å². The van der Waals surface area contributed by atoms with E-state index in [4.69, 9.17) is 10.8 Å². The lowest BCUT2D eigenvalue weighted by molar-refractivity contribution is 0.475. The van der Waals surface area contributed by atoms with Crippen LogP contribution in [0.15, 0.2) is 18.2 Å². The van der Waals surface area contributed by atoms with Gasteiger partial charge in [0, 0.05) is 12.3 Å². The van der Waals surface area contributed by atoms with Crippen molar-refractivity contribution in [3.8, 4) is 5.75 Å². The average molecular weight is 280 g/mol. The Hall–Kier alpha value is -1.48. The van der Waals surface area contributed by atoms with Gasteiger partial charge >= 0.3 is 0 Å². The fourth-order valence-electron chi connectivity index (χ4n) is 1.12. The summed E-state index contributed by atoms with van der Waals surface area (Å²) < 4.78 is 46.7. The van der Waals surface area contributed by atoms with Crippen molar-refractivity contribution in [2.24, 2.45) is 0 Å². The summed E-state index contributed by atoms with van der Waals surface area (Å²) in [6, 6.07) is 3.62. The maximum atomic E-state index is 11.4. The Labute approximate surface area is 99.2 Å². The lowest BCUT2D eigenvalue weighted by Crippen LogP contribution is -2.22. The van der Waals surface area contributed by atoms with Gasteiger partial charge in [0.05, 0.1) is 11.4 Å². The van der Waals surface area contributed by atoms with E-state index in [0.29, 0.717) is 0 Å². The van der Waals surface area contributed by atoms with Crippen LogP contribution >= 0.6 is 0 Å². The Morgan fingerprint density at radius 1 is 1.29 bits per heavy atom. The molecule has 1 rings (SSSR count). The van der Waals surface area contributed by atoms with E-state index >= 15 is 0 Å². The Balaban J connectivity index is 2.99. The number of nitrogens with two attached hydrogens (primary N) is 1. The van der Waals surface area contributed by atoms with E-state index in [0.717, 1.165) is 12.3 Å². The molecule has 0 atom stereocenters. The summed E-state index contributed by atoms with van der Waals surface area (Å²) in [5.41, 5.74) is 5.48. The number of sulfone groups is 1. The third-order valence-electron chi connectivity index (χ3n) is 1.67. The molecule has 0 spiro atoms. The molecule has 0 aliphatic carbocycles. The van der Waals surface area contributed by atoms with E-state index in [9.17, 15) is 16.8 Å². The van der Waals surface area contributed by atoms with Gasteiger partial charge in [0.15, 0.2) is 14.9 Å². The van der Waals surface area contributed by atoms with Gasteiger partial charge in [0.1, 0.15) is 5.75 Å². The standard InChI is InChI=1S/C8H12N2O5S2/c1-16(12,13)5-17(14,15)10-8-3-2-6(11)4-7(8)9/h2-4,10-11H,5,9H2,1H3. The first-order valence-corrected chi connectivity index (χ1v) is 8.07. The molecular formula is C8H12N2O5S2. The summed E-state index contributed by atoms with van der Waals surface area (Å²) >= 11 is 0. The molecule has 0 radical (unpaired) electrons. The van der Waals surface area contributed by atoms with E-state index in [1.165, 1.54) is 12.1 Å². The predicted molar refractivity (Wildman–Crippen MR) is 64.8 cm³/mol. The normalized spacial score (nSPS) is 12.3. The highest BCUT2D eigenvalue weighted by molar-refractivity contribution is 8.08. The van der Waals surface area contributed by atoms with Crippen LogP contribution in [-0.4, -0.2) is 33.3 Å². The number of hydrogen-bond acceptors (Lipinski definition) is 6. The number of nitrogens with one attached hydrogen (secondary N) is 1. The van der Waals surface area contributed by atoms with Crippen LogP contribution in [0.5, 0.6) is 5.75 Å². The molecule has 96 valence electrons. The van der Waals surface area contributed by atoms with Crippen molar-refractivity contribution in [1.29, 1.82) is 0 Å². The summed E-state index contributed by atoms with van der Waals surface area (Å²) in [7, 11) is -7.69. The van der Waals surface area contributed by atoms with Gasteiger partial charge < -0.3 is 10.8 Å². The third kappa shape index (κ3) is 4.49.